The predicted molar refractivity (Wildman–Crippen MR) is 97.5 cm³/mol. The fourth-order valence-corrected chi connectivity index (χ4v) is 2.33. The van der Waals surface area contributed by atoms with E-state index in [1.165, 1.54) is 14.2 Å². The first-order valence-corrected chi connectivity index (χ1v) is 7.91. The molecule has 0 aromatic heterocycles. The van der Waals surface area contributed by atoms with E-state index in [4.69, 9.17) is 16.3 Å². The molecule has 2 rings (SSSR count). The highest BCUT2D eigenvalue weighted by molar-refractivity contribution is 6.31. The number of methoxy groups -OCH3 is 2. The normalized spacial score (nSPS) is 11.4. The van der Waals surface area contributed by atoms with Gasteiger partial charge in [-0.15, -0.1) is 0 Å². The minimum absolute atomic E-state index is 0.252. The molecule has 0 saturated heterocycles. The largest absolute Gasteiger partial charge is 0.495 e. The molecule has 2 aromatic carbocycles. The number of carbonyl (C=O) groups is 2. The number of amides is 1. The number of esters is 1. The first-order chi connectivity index (χ1) is 11.9. The van der Waals surface area contributed by atoms with Crippen LogP contribution in [0.1, 0.15) is 17.3 Å². The number of nitrogens with one attached hydrogen (secondary N) is 2. The van der Waals surface area contributed by atoms with Gasteiger partial charge in [0.15, 0.2) is 0 Å². The Bertz CT molecular complexity index is 762. The molecule has 2 aromatic rings. The molecule has 0 spiro atoms. The average Bonchev–Trinajstić information content (AvgIpc) is 2.61. The van der Waals surface area contributed by atoms with Crippen LogP contribution in [-0.2, 0) is 9.53 Å². The van der Waals surface area contributed by atoms with Crippen molar-refractivity contribution >= 4 is 34.9 Å². The zero-order valence-corrected chi connectivity index (χ0v) is 14.9. The predicted octanol–water partition coefficient (Wildman–Crippen LogP) is 3.57. The van der Waals surface area contributed by atoms with Crippen molar-refractivity contribution in [3.8, 4) is 5.75 Å². The Morgan fingerprint density at radius 3 is 2.36 bits per heavy atom. The Labute approximate surface area is 151 Å². The summed E-state index contributed by atoms with van der Waals surface area (Å²) in [6.07, 6.45) is 0. The molecule has 0 saturated carbocycles. The summed E-state index contributed by atoms with van der Waals surface area (Å²) in [5.74, 6) is -0.143. The molecule has 0 unspecified atom stereocenters. The third kappa shape index (κ3) is 4.87. The number of ether oxygens (including phenoxy) is 2. The van der Waals surface area contributed by atoms with Crippen LogP contribution >= 0.6 is 11.6 Å². The van der Waals surface area contributed by atoms with Gasteiger partial charge in [0.25, 0.3) is 0 Å². The molecule has 2 N–H and O–H groups in total. The van der Waals surface area contributed by atoms with E-state index in [1.807, 2.05) is 0 Å². The molecule has 7 heteroatoms. The number of benzene rings is 2. The lowest BCUT2D eigenvalue weighted by atomic mass is 10.2. The molecule has 0 aliphatic carbocycles. The Morgan fingerprint density at radius 1 is 1.08 bits per heavy atom. The van der Waals surface area contributed by atoms with Crippen LogP contribution in [0.4, 0.5) is 11.4 Å². The third-order valence-corrected chi connectivity index (χ3v) is 3.74. The highest BCUT2D eigenvalue weighted by atomic mass is 35.5. The molecule has 1 atom stereocenters. The van der Waals surface area contributed by atoms with E-state index >= 15 is 0 Å². The van der Waals surface area contributed by atoms with Gasteiger partial charge in [-0.2, -0.15) is 0 Å². The average molecular weight is 363 g/mol. The van der Waals surface area contributed by atoms with Gasteiger partial charge in [-0.3, -0.25) is 4.79 Å². The summed E-state index contributed by atoms with van der Waals surface area (Å²) in [5, 5.41) is 6.33. The Morgan fingerprint density at radius 2 is 1.76 bits per heavy atom. The van der Waals surface area contributed by atoms with E-state index in [2.05, 4.69) is 15.4 Å². The van der Waals surface area contributed by atoms with Gasteiger partial charge in [0, 0.05) is 10.7 Å². The molecule has 0 radical (unpaired) electrons. The lowest BCUT2D eigenvalue weighted by Crippen LogP contribution is -2.32. The highest BCUT2D eigenvalue weighted by Crippen LogP contribution is 2.27. The number of halogens is 1. The fourth-order valence-electron chi connectivity index (χ4n) is 2.15. The summed E-state index contributed by atoms with van der Waals surface area (Å²) in [5.41, 5.74) is 1.64. The highest BCUT2D eigenvalue weighted by Gasteiger charge is 2.15. The number of anilines is 2. The van der Waals surface area contributed by atoms with Crippen molar-refractivity contribution in [2.24, 2.45) is 0 Å². The van der Waals surface area contributed by atoms with Gasteiger partial charge >= 0.3 is 5.97 Å². The third-order valence-electron chi connectivity index (χ3n) is 3.50. The van der Waals surface area contributed by atoms with Crippen molar-refractivity contribution in [1.29, 1.82) is 0 Å². The van der Waals surface area contributed by atoms with Crippen LogP contribution in [0.5, 0.6) is 5.75 Å². The van der Waals surface area contributed by atoms with Gasteiger partial charge in [0.1, 0.15) is 11.8 Å². The van der Waals surface area contributed by atoms with Crippen molar-refractivity contribution < 1.29 is 19.1 Å². The molecule has 0 fully saturated rings. The van der Waals surface area contributed by atoms with Crippen LogP contribution in [0, 0.1) is 0 Å². The van der Waals surface area contributed by atoms with Crippen LogP contribution in [0.2, 0.25) is 5.02 Å². The quantitative estimate of drug-likeness (QED) is 0.768. The molecule has 0 aliphatic rings. The fraction of sp³-hybridized carbons (Fsp3) is 0.222. The number of hydrogen-bond acceptors (Lipinski definition) is 5. The molecule has 0 aliphatic heterocycles. The number of rotatable bonds is 6. The van der Waals surface area contributed by atoms with E-state index in [-0.39, 0.29) is 5.91 Å². The molecule has 6 nitrogen and oxygen atoms in total. The van der Waals surface area contributed by atoms with Crippen LogP contribution in [0.25, 0.3) is 0 Å². The van der Waals surface area contributed by atoms with Gasteiger partial charge < -0.3 is 20.1 Å². The minimum atomic E-state index is -0.521. The topological polar surface area (TPSA) is 76.7 Å². The van der Waals surface area contributed by atoms with Crippen LogP contribution in [0.15, 0.2) is 42.5 Å². The van der Waals surface area contributed by atoms with Crippen molar-refractivity contribution in [1.82, 2.24) is 0 Å². The molecule has 0 heterocycles. The van der Waals surface area contributed by atoms with Gasteiger partial charge in [-0.25, -0.2) is 4.79 Å². The lowest BCUT2D eigenvalue weighted by molar-refractivity contribution is -0.116. The van der Waals surface area contributed by atoms with Crippen molar-refractivity contribution in [3.05, 3.63) is 53.1 Å². The maximum Gasteiger partial charge on any atom is 0.337 e. The molecule has 0 bridgehead atoms. The molecule has 1 amide bonds. The van der Waals surface area contributed by atoms with Crippen molar-refractivity contribution in [2.75, 3.05) is 24.9 Å². The Hall–Kier alpha value is -2.73. The monoisotopic (exact) mass is 362 g/mol. The lowest BCUT2D eigenvalue weighted by Gasteiger charge is -2.17. The van der Waals surface area contributed by atoms with E-state index in [9.17, 15) is 9.59 Å². The maximum atomic E-state index is 12.4. The van der Waals surface area contributed by atoms with Crippen molar-refractivity contribution in [2.45, 2.75) is 13.0 Å². The van der Waals surface area contributed by atoms with E-state index in [1.54, 1.807) is 49.4 Å². The molecule has 25 heavy (non-hydrogen) atoms. The van der Waals surface area contributed by atoms with Gasteiger partial charge in [-0.1, -0.05) is 11.6 Å². The van der Waals surface area contributed by atoms with Crippen LogP contribution in [0.3, 0.4) is 0 Å². The number of carbonyl (C=O) groups excluding carboxylic acids is 2. The number of hydrogen-bond donors (Lipinski definition) is 2. The minimum Gasteiger partial charge on any atom is -0.495 e. The standard InChI is InChI=1S/C18H19ClN2O4/c1-11(20-14-7-4-12(5-8-14)18(23)25-3)17(22)21-15-10-13(19)6-9-16(15)24-2/h4-11,20H,1-3H3,(H,21,22)/t11-/m1/s1. The maximum absolute atomic E-state index is 12.4. The summed E-state index contributed by atoms with van der Waals surface area (Å²) < 4.78 is 9.86. The van der Waals surface area contributed by atoms with Crippen LogP contribution in [-0.4, -0.2) is 32.1 Å². The van der Waals surface area contributed by atoms with Crippen molar-refractivity contribution in [3.63, 3.8) is 0 Å². The Kier molecular flexibility index (Phi) is 6.25. The van der Waals surface area contributed by atoms with E-state index in [0.29, 0.717) is 27.7 Å². The van der Waals surface area contributed by atoms with Gasteiger partial charge in [0.05, 0.1) is 25.5 Å². The van der Waals surface area contributed by atoms with Gasteiger partial charge in [0.2, 0.25) is 5.91 Å². The second-order valence-electron chi connectivity index (χ2n) is 5.27. The summed E-state index contributed by atoms with van der Waals surface area (Å²) >= 11 is 5.96. The molecule has 132 valence electrons. The van der Waals surface area contributed by atoms with E-state index in [0.717, 1.165) is 0 Å². The Balaban J connectivity index is 2.03. The van der Waals surface area contributed by atoms with Gasteiger partial charge in [-0.05, 0) is 49.4 Å². The SMILES string of the molecule is COC(=O)c1ccc(N[C@H](C)C(=O)Nc2cc(Cl)ccc2OC)cc1. The van der Waals surface area contributed by atoms with E-state index < -0.39 is 12.0 Å². The second kappa shape index (κ2) is 8.39. The zero-order chi connectivity index (χ0) is 18.4. The first-order valence-electron chi connectivity index (χ1n) is 7.54. The summed E-state index contributed by atoms with van der Waals surface area (Å²) in [6.45, 7) is 1.72. The smallest absolute Gasteiger partial charge is 0.337 e. The zero-order valence-electron chi connectivity index (χ0n) is 14.1. The first kappa shape index (κ1) is 18.6. The summed E-state index contributed by atoms with van der Waals surface area (Å²) in [4.78, 5) is 23.8. The summed E-state index contributed by atoms with van der Waals surface area (Å²) in [7, 11) is 2.84. The molecular formula is C18H19ClN2O4. The molecular weight excluding hydrogens is 344 g/mol. The van der Waals surface area contributed by atoms with Crippen LogP contribution < -0.4 is 15.4 Å². The second-order valence-corrected chi connectivity index (χ2v) is 5.71. The summed E-state index contributed by atoms with van der Waals surface area (Å²) in [6, 6.07) is 11.1.